The first-order chi connectivity index (χ1) is 16.9. The Labute approximate surface area is 192 Å². The van der Waals surface area contributed by atoms with Crippen LogP contribution in [0.4, 0.5) is 0 Å². The fourth-order valence-electron chi connectivity index (χ4n) is 8.07. The van der Waals surface area contributed by atoms with Gasteiger partial charge in [-0.25, -0.2) is 0 Å². The van der Waals surface area contributed by atoms with Crippen molar-refractivity contribution in [3.05, 3.63) is 84.9 Å². The zero-order valence-corrected chi connectivity index (χ0v) is 18.1. The van der Waals surface area contributed by atoms with Gasteiger partial charge in [-0.15, -0.1) is 0 Å². The highest BCUT2D eigenvalue weighted by molar-refractivity contribution is 6.58. The van der Waals surface area contributed by atoms with Crippen molar-refractivity contribution in [3.63, 3.8) is 0 Å². The Kier molecular flexibility index (Phi) is 2.04. The molecule has 34 heavy (non-hydrogen) atoms. The fraction of sp³-hybridized carbons (Fsp3) is 0. The Morgan fingerprint density at radius 1 is 0.206 bits per heavy atom. The van der Waals surface area contributed by atoms with Gasteiger partial charge in [0, 0.05) is 0 Å². The van der Waals surface area contributed by atoms with Gasteiger partial charge < -0.3 is 0 Å². The van der Waals surface area contributed by atoms with Crippen LogP contribution in [0.1, 0.15) is 0 Å². The van der Waals surface area contributed by atoms with Crippen molar-refractivity contribution in [3.8, 4) is 0 Å². The van der Waals surface area contributed by atoms with Gasteiger partial charge in [0.1, 0.15) is 0 Å². The molecule has 0 nitrogen and oxygen atoms in total. The van der Waals surface area contributed by atoms with Crippen LogP contribution in [-0.4, -0.2) is 0 Å². The number of hydrogen-bond donors (Lipinski definition) is 0. The summed E-state index contributed by atoms with van der Waals surface area (Å²) in [7, 11) is 0. The third-order valence-corrected chi connectivity index (χ3v) is 9.16. The summed E-state index contributed by atoms with van der Waals surface area (Å²) in [6.07, 6.45) is 0. The molecule has 0 bridgehead atoms. The first kappa shape index (κ1) is 15.4. The second kappa shape index (κ2) is 4.49. The molecule has 0 radical (unpaired) electrons. The minimum absolute atomic E-state index is 1.35. The number of rotatable bonds is 0. The van der Waals surface area contributed by atoms with Crippen LogP contribution < -0.4 is 0 Å². The van der Waals surface area contributed by atoms with Crippen molar-refractivity contribution in [2.24, 2.45) is 0 Å². The standard InChI is InChI=1S/C34H14/c1-3-15-7-9-19-23-13-14-24-20-10-8-16-4-2-6-18-22-12-11-21-17(5-1)25(15)27(19)33-29(21)30(22)34(28(20)26(16)18)32(24)31(23)33/h1-14H. The largest absolute Gasteiger partial charge is 0.0610 e. The Morgan fingerprint density at radius 3 is 0.882 bits per heavy atom. The van der Waals surface area contributed by atoms with Crippen molar-refractivity contribution in [2.45, 2.75) is 0 Å². The summed E-state index contributed by atoms with van der Waals surface area (Å²) in [6.45, 7) is 0. The fourth-order valence-corrected chi connectivity index (χ4v) is 8.07. The lowest BCUT2D eigenvalue weighted by Crippen LogP contribution is -1.90. The lowest BCUT2D eigenvalue weighted by atomic mass is 9.84. The SMILES string of the molecule is c1cc2ccc3c4ccc5c6ccc7cccc8c9ccc%10c(c1)c2c3c1c%10c9c(c6c78)c5c41. The van der Waals surface area contributed by atoms with Crippen molar-refractivity contribution >= 4 is 108 Å². The summed E-state index contributed by atoms with van der Waals surface area (Å²) in [4.78, 5) is 0. The molecule has 0 aromatic heterocycles. The predicted molar refractivity (Wildman–Crippen MR) is 149 cm³/mol. The minimum atomic E-state index is 1.35. The van der Waals surface area contributed by atoms with Gasteiger partial charge >= 0.3 is 0 Å². The highest BCUT2D eigenvalue weighted by Gasteiger charge is 2.29. The summed E-state index contributed by atoms with van der Waals surface area (Å²) in [5, 5.41) is 28.7. The number of benzene rings is 9. The zero-order valence-electron chi connectivity index (χ0n) is 18.1. The molecule has 0 heterocycles. The van der Waals surface area contributed by atoms with E-state index in [0.717, 1.165) is 0 Å². The summed E-state index contributed by atoms with van der Waals surface area (Å²) in [6, 6.07) is 32.7. The summed E-state index contributed by atoms with van der Waals surface area (Å²) >= 11 is 0. The van der Waals surface area contributed by atoms with E-state index < -0.39 is 0 Å². The van der Waals surface area contributed by atoms with Crippen LogP contribution in [-0.2, 0) is 0 Å². The normalized spacial score (nSPS) is 13.9. The first-order valence-corrected chi connectivity index (χ1v) is 12.1. The zero-order chi connectivity index (χ0) is 21.4. The maximum Gasteiger partial charge on any atom is -0.0000710 e. The van der Waals surface area contributed by atoms with Gasteiger partial charge in [0.2, 0.25) is 0 Å². The van der Waals surface area contributed by atoms with Gasteiger partial charge in [-0.1, -0.05) is 84.9 Å². The molecule has 0 unspecified atom stereocenters. The second-order valence-corrected chi connectivity index (χ2v) is 10.4. The lowest BCUT2D eigenvalue weighted by Gasteiger charge is -2.19. The molecule has 0 saturated carbocycles. The van der Waals surface area contributed by atoms with E-state index in [1.54, 1.807) is 0 Å². The summed E-state index contributed by atoms with van der Waals surface area (Å²) in [5.74, 6) is 0. The molecule has 0 saturated heterocycles. The highest BCUT2D eigenvalue weighted by atomic mass is 14.3. The Balaban J connectivity index is 1.73. The molecule has 0 N–H and O–H groups in total. The molecule has 11 rings (SSSR count). The van der Waals surface area contributed by atoms with Crippen LogP contribution >= 0.6 is 0 Å². The van der Waals surface area contributed by atoms with E-state index in [-0.39, 0.29) is 0 Å². The third kappa shape index (κ3) is 1.28. The molecule has 11 aromatic rings. The molecule has 0 heteroatoms. The Bertz CT molecular complexity index is 2400. The Hall–Kier alpha value is -4.42. The molecule has 0 aliphatic carbocycles. The van der Waals surface area contributed by atoms with E-state index in [4.69, 9.17) is 0 Å². The molecule has 0 fully saturated rings. The van der Waals surface area contributed by atoms with Gasteiger partial charge in [-0.3, -0.25) is 0 Å². The molecular formula is C34H14. The van der Waals surface area contributed by atoms with Crippen LogP contribution in [0, 0.1) is 0 Å². The van der Waals surface area contributed by atoms with Crippen molar-refractivity contribution in [1.29, 1.82) is 0 Å². The molecule has 0 aliphatic heterocycles. The quantitative estimate of drug-likeness (QED) is 0.168. The van der Waals surface area contributed by atoms with E-state index in [2.05, 4.69) is 84.9 Å². The number of fused-ring (bicyclic) bond motifs is 4. The molecular weight excluding hydrogens is 408 g/mol. The summed E-state index contributed by atoms with van der Waals surface area (Å²) < 4.78 is 0. The average molecular weight is 422 g/mol. The first-order valence-electron chi connectivity index (χ1n) is 12.1. The minimum Gasteiger partial charge on any atom is -0.0610 e. The molecule has 11 aromatic carbocycles. The highest BCUT2D eigenvalue weighted by Crippen LogP contribution is 2.58. The van der Waals surface area contributed by atoms with Crippen molar-refractivity contribution < 1.29 is 0 Å². The monoisotopic (exact) mass is 422 g/mol. The van der Waals surface area contributed by atoms with Crippen molar-refractivity contribution in [1.82, 2.24) is 0 Å². The van der Waals surface area contributed by atoms with E-state index in [0.29, 0.717) is 0 Å². The van der Waals surface area contributed by atoms with Gasteiger partial charge in [-0.05, 0) is 108 Å². The molecule has 0 aliphatic rings. The van der Waals surface area contributed by atoms with Crippen LogP contribution in [0.2, 0.25) is 0 Å². The summed E-state index contributed by atoms with van der Waals surface area (Å²) in [5.41, 5.74) is 0. The van der Waals surface area contributed by atoms with E-state index >= 15 is 0 Å². The van der Waals surface area contributed by atoms with Crippen LogP contribution in [0.3, 0.4) is 0 Å². The smallest absolute Gasteiger partial charge is 0.0000710 e. The van der Waals surface area contributed by atoms with Gasteiger partial charge in [0.15, 0.2) is 0 Å². The van der Waals surface area contributed by atoms with E-state index in [1.165, 1.54) is 108 Å². The van der Waals surface area contributed by atoms with E-state index in [1.807, 2.05) is 0 Å². The molecule has 0 atom stereocenters. The number of hydrogen-bond acceptors (Lipinski definition) is 0. The van der Waals surface area contributed by atoms with Crippen LogP contribution in [0.15, 0.2) is 84.9 Å². The maximum absolute atomic E-state index is 2.40. The lowest BCUT2D eigenvalue weighted by molar-refractivity contribution is 1.84. The Morgan fingerprint density at radius 2 is 0.500 bits per heavy atom. The second-order valence-electron chi connectivity index (χ2n) is 10.4. The predicted octanol–water partition coefficient (Wildman–Crippen LogP) is 9.85. The maximum atomic E-state index is 2.40. The van der Waals surface area contributed by atoms with Crippen molar-refractivity contribution in [2.75, 3.05) is 0 Å². The van der Waals surface area contributed by atoms with Gasteiger partial charge in [-0.2, -0.15) is 0 Å². The van der Waals surface area contributed by atoms with Crippen LogP contribution in [0.5, 0.6) is 0 Å². The molecule has 150 valence electrons. The van der Waals surface area contributed by atoms with Gasteiger partial charge in [0.05, 0.1) is 0 Å². The van der Waals surface area contributed by atoms with Gasteiger partial charge in [0.25, 0.3) is 0 Å². The average Bonchev–Trinajstić information content (AvgIpc) is 3.41. The van der Waals surface area contributed by atoms with Crippen LogP contribution in [0.25, 0.3) is 108 Å². The topological polar surface area (TPSA) is 0 Å². The molecule has 0 amide bonds. The third-order valence-electron chi connectivity index (χ3n) is 9.16. The van der Waals surface area contributed by atoms with E-state index in [9.17, 15) is 0 Å². The molecule has 0 spiro atoms.